The van der Waals surface area contributed by atoms with E-state index in [1.54, 1.807) is 17.0 Å². The van der Waals surface area contributed by atoms with Crippen molar-refractivity contribution in [3.05, 3.63) is 30.1 Å². The third-order valence-corrected chi connectivity index (χ3v) is 3.98. The summed E-state index contributed by atoms with van der Waals surface area (Å²) >= 11 is 1.19. The SMILES string of the molecule is O=C(CSc1nnc(-c2ccc(F)cc2)o1)N1CCOCC1. The van der Waals surface area contributed by atoms with Gasteiger partial charge in [0.1, 0.15) is 5.82 Å². The molecule has 0 spiro atoms. The number of amides is 1. The highest BCUT2D eigenvalue weighted by molar-refractivity contribution is 7.99. The zero-order chi connectivity index (χ0) is 15.4. The van der Waals surface area contributed by atoms with Crippen LogP contribution in [-0.2, 0) is 9.53 Å². The molecule has 0 aliphatic carbocycles. The van der Waals surface area contributed by atoms with E-state index >= 15 is 0 Å². The molecular formula is C14H14FN3O3S. The number of aromatic nitrogens is 2. The highest BCUT2D eigenvalue weighted by Gasteiger charge is 2.18. The van der Waals surface area contributed by atoms with Crippen LogP contribution in [0.2, 0.25) is 0 Å². The van der Waals surface area contributed by atoms with Gasteiger partial charge in [0.05, 0.1) is 19.0 Å². The minimum Gasteiger partial charge on any atom is -0.411 e. The molecular weight excluding hydrogens is 309 g/mol. The summed E-state index contributed by atoms with van der Waals surface area (Å²) in [4.78, 5) is 13.8. The molecule has 2 heterocycles. The highest BCUT2D eigenvalue weighted by atomic mass is 32.2. The van der Waals surface area contributed by atoms with Crippen molar-refractivity contribution < 1.29 is 18.3 Å². The van der Waals surface area contributed by atoms with Crippen molar-refractivity contribution in [2.45, 2.75) is 5.22 Å². The lowest BCUT2D eigenvalue weighted by molar-refractivity contribution is -0.132. The second-order valence-electron chi connectivity index (χ2n) is 4.66. The van der Waals surface area contributed by atoms with Gasteiger partial charge in [-0.1, -0.05) is 11.8 Å². The zero-order valence-electron chi connectivity index (χ0n) is 11.7. The van der Waals surface area contributed by atoms with E-state index in [1.165, 1.54) is 23.9 Å². The number of carbonyl (C=O) groups is 1. The van der Waals surface area contributed by atoms with Crippen molar-refractivity contribution in [2.24, 2.45) is 0 Å². The summed E-state index contributed by atoms with van der Waals surface area (Å²) in [7, 11) is 0. The van der Waals surface area contributed by atoms with Gasteiger partial charge in [0, 0.05) is 18.7 Å². The second-order valence-corrected chi connectivity index (χ2v) is 5.59. The molecule has 0 radical (unpaired) electrons. The van der Waals surface area contributed by atoms with Gasteiger partial charge in [-0.15, -0.1) is 10.2 Å². The Bertz CT molecular complexity index is 641. The molecule has 1 saturated heterocycles. The van der Waals surface area contributed by atoms with Crippen LogP contribution in [0.1, 0.15) is 0 Å². The molecule has 0 N–H and O–H groups in total. The van der Waals surface area contributed by atoms with Gasteiger partial charge in [-0.25, -0.2) is 4.39 Å². The Morgan fingerprint density at radius 2 is 1.95 bits per heavy atom. The predicted molar refractivity (Wildman–Crippen MR) is 77.8 cm³/mol. The number of carbonyl (C=O) groups excluding carboxylic acids is 1. The van der Waals surface area contributed by atoms with Crippen molar-refractivity contribution >= 4 is 17.7 Å². The third kappa shape index (κ3) is 3.63. The maximum Gasteiger partial charge on any atom is 0.277 e. The molecule has 1 amide bonds. The van der Waals surface area contributed by atoms with E-state index in [0.717, 1.165) is 0 Å². The lowest BCUT2D eigenvalue weighted by atomic mass is 10.2. The van der Waals surface area contributed by atoms with Crippen molar-refractivity contribution in [1.29, 1.82) is 0 Å². The first-order valence-electron chi connectivity index (χ1n) is 6.80. The lowest BCUT2D eigenvalue weighted by Crippen LogP contribution is -2.41. The number of morpholine rings is 1. The number of rotatable bonds is 4. The molecule has 0 saturated carbocycles. The Balaban J connectivity index is 1.57. The Morgan fingerprint density at radius 1 is 1.23 bits per heavy atom. The fourth-order valence-electron chi connectivity index (χ4n) is 2.00. The predicted octanol–water partition coefficient (Wildman–Crippen LogP) is 1.83. The normalized spacial score (nSPS) is 15.0. The van der Waals surface area contributed by atoms with E-state index in [1.807, 2.05) is 0 Å². The van der Waals surface area contributed by atoms with Gasteiger partial charge in [-0.05, 0) is 24.3 Å². The van der Waals surface area contributed by atoms with E-state index in [4.69, 9.17) is 9.15 Å². The van der Waals surface area contributed by atoms with Gasteiger partial charge >= 0.3 is 0 Å². The first kappa shape index (κ1) is 15.0. The minimum atomic E-state index is -0.325. The summed E-state index contributed by atoms with van der Waals surface area (Å²) in [6.07, 6.45) is 0. The Labute approximate surface area is 130 Å². The summed E-state index contributed by atoms with van der Waals surface area (Å²) < 4.78 is 23.5. The Hall–Kier alpha value is -1.93. The van der Waals surface area contributed by atoms with Crippen molar-refractivity contribution in [1.82, 2.24) is 15.1 Å². The van der Waals surface area contributed by atoms with Crippen molar-refractivity contribution in [3.8, 4) is 11.5 Å². The topological polar surface area (TPSA) is 68.5 Å². The van der Waals surface area contributed by atoms with Crippen LogP contribution in [0.5, 0.6) is 0 Å². The molecule has 22 heavy (non-hydrogen) atoms. The van der Waals surface area contributed by atoms with E-state index in [0.29, 0.717) is 43.0 Å². The van der Waals surface area contributed by atoms with Crippen LogP contribution >= 0.6 is 11.8 Å². The highest BCUT2D eigenvalue weighted by Crippen LogP contribution is 2.23. The van der Waals surface area contributed by atoms with Crippen LogP contribution in [-0.4, -0.2) is 53.1 Å². The van der Waals surface area contributed by atoms with Gasteiger partial charge in [0.2, 0.25) is 11.8 Å². The monoisotopic (exact) mass is 323 g/mol. The van der Waals surface area contributed by atoms with Crippen LogP contribution in [0.25, 0.3) is 11.5 Å². The maximum atomic E-state index is 12.9. The van der Waals surface area contributed by atoms with E-state index in [9.17, 15) is 9.18 Å². The molecule has 0 bridgehead atoms. The Kier molecular flexibility index (Phi) is 4.69. The lowest BCUT2D eigenvalue weighted by Gasteiger charge is -2.26. The largest absolute Gasteiger partial charge is 0.411 e. The van der Waals surface area contributed by atoms with Gasteiger partial charge < -0.3 is 14.1 Å². The number of hydrogen-bond acceptors (Lipinski definition) is 6. The number of thioether (sulfide) groups is 1. The number of benzene rings is 1. The van der Waals surface area contributed by atoms with Crippen LogP contribution in [0.15, 0.2) is 33.9 Å². The molecule has 1 aromatic carbocycles. The molecule has 1 fully saturated rings. The number of hydrogen-bond donors (Lipinski definition) is 0. The fraction of sp³-hybridized carbons (Fsp3) is 0.357. The molecule has 6 nitrogen and oxygen atoms in total. The Morgan fingerprint density at radius 3 is 2.68 bits per heavy atom. The smallest absolute Gasteiger partial charge is 0.277 e. The van der Waals surface area contributed by atoms with Crippen molar-refractivity contribution in [3.63, 3.8) is 0 Å². The van der Waals surface area contributed by atoms with Gasteiger partial charge in [0.25, 0.3) is 5.22 Å². The number of ether oxygens (including phenoxy) is 1. The average Bonchev–Trinajstić information content (AvgIpc) is 3.03. The summed E-state index contributed by atoms with van der Waals surface area (Å²) in [5.41, 5.74) is 0.639. The van der Waals surface area contributed by atoms with Crippen LogP contribution < -0.4 is 0 Å². The first-order chi connectivity index (χ1) is 10.7. The molecule has 1 aromatic heterocycles. The molecule has 0 atom stereocenters. The zero-order valence-corrected chi connectivity index (χ0v) is 12.5. The number of nitrogens with zero attached hydrogens (tertiary/aromatic N) is 3. The molecule has 0 unspecified atom stereocenters. The van der Waals surface area contributed by atoms with E-state index in [-0.39, 0.29) is 17.5 Å². The van der Waals surface area contributed by atoms with Gasteiger partial charge in [0.15, 0.2) is 0 Å². The first-order valence-corrected chi connectivity index (χ1v) is 7.79. The molecule has 2 aromatic rings. The van der Waals surface area contributed by atoms with Gasteiger partial charge in [-0.2, -0.15) is 0 Å². The minimum absolute atomic E-state index is 0.0230. The molecule has 1 aliphatic heterocycles. The second kappa shape index (κ2) is 6.89. The van der Waals surface area contributed by atoms with Crippen LogP contribution in [0, 0.1) is 5.82 Å². The number of halogens is 1. The molecule has 8 heteroatoms. The quantitative estimate of drug-likeness (QED) is 0.800. The molecule has 1 aliphatic rings. The van der Waals surface area contributed by atoms with Crippen molar-refractivity contribution in [2.75, 3.05) is 32.1 Å². The summed E-state index contributed by atoms with van der Waals surface area (Å²) in [6.45, 7) is 2.38. The summed E-state index contributed by atoms with van der Waals surface area (Å²) in [5, 5.41) is 8.11. The molecule has 116 valence electrons. The molecule has 3 rings (SSSR count). The summed E-state index contributed by atoms with van der Waals surface area (Å²) in [6, 6.07) is 5.79. The van der Waals surface area contributed by atoms with E-state index in [2.05, 4.69) is 10.2 Å². The van der Waals surface area contributed by atoms with Crippen LogP contribution in [0.4, 0.5) is 4.39 Å². The average molecular weight is 323 g/mol. The maximum absolute atomic E-state index is 12.9. The third-order valence-electron chi connectivity index (χ3n) is 3.18. The fourth-order valence-corrected chi connectivity index (χ4v) is 2.67. The van der Waals surface area contributed by atoms with E-state index < -0.39 is 0 Å². The standard InChI is InChI=1S/C14H14FN3O3S/c15-11-3-1-10(2-4-11)13-16-17-14(21-13)22-9-12(19)18-5-7-20-8-6-18/h1-4H,5-9H2. The summed E-state index contributed by atoms with van der Waals surface area (Å²) in [5.74, 6) is 0.246. The van der Waals surface area contributed by atoms with Gasteiger partial charge in [-0.3, -0.25) is 4.79 Å². The van der Waals surface area contributed by atoms with Crippen LogP contribution in [0.3, 0.4) is 0 Å².